The van der Waals surface area contributed by atoms with Crippen molar-refractivity contribution in [2.45, 2.75) is 66.1 Å². The molecule has 0 bridgehead atoms. The summed E-state index contributed by atoms with van der Waals surface area (Å²) in [5.41, 5.74) is 15.9. The molecule has 10 aromatic rings. The van der Waals surface area contributed by atoms with Crippen molar-refractivity contribution in [1.29, 1.82) is 0 Å². The van der Waals surface area contributed by atoms with E-state index in [0.717, 1.165) is 78.0 Å². The smallest absolute Gasteiger partial charge is 0.148 e. The summed E-state index contributed by atoms with van der Waals surface area (Å²) < 4.78 is 29.7. The molecule has 344 valence electrons. The van der Waals surface area contributed by atoms with Crippen LogP contribution in [-0.4, -0.2) is 19.6 Å². The molecule has 2 heterocycles. The first-order valence-electron chi connectivity index (χ1n) is 24.8. The van der Waals surface area contributed by atoms with Crippen LogP contribution in [0.4, 0.5) is 0 Å². The van der Waals surface area contributed by atoms with Gasteiger partial charge >= 0.3 is 0 Å². The Morgan fingerprint density at radius 2 is 1.17 bits per heavy atom. The van der Waals surface area contributed by atoms with Crippen LogP contribution in [0.3, 0.4) is 0 Å². The number of rotatable bonds is 8. The maximum absolute atomic E-state index is 12.1. The van der Waals surface area contributed by atoms with E-state index in [1.165, 1.54) is 0 Å². The predicted octanol–water partition coefficient (Wildman–Crippen LogP) is 16.8. The molecule has 0 unspecified atom stereocenters. The van der Waals surface area contributed by atoms with Crippen LogP contribution < -0.4 is 0 Å². The maximum atomic E-state index is 12.1. The molecule has 0 saturated heterocycles. The number of aryl methyl sites for hydroxylation is 2. The van der Waals surface area contributed by atoms with Crippen molar-refractivity contribution in [3.05, 3.63) is 217 Å². The number of fused-ring (bicyclic) bond motifs is 1. The van der Waals surface area contributed by atoms with Crippen molar-refractivity contribution >= 4 is 11.0 Å². The minimum atomic E-state index is -2.56. The zero-order valence-electron chi connectivity index (χ0n) is 43.0. The van der Waals surface area contributed by atoms with Gasteiger partial charge in [-0.2, -0.15) is 0 Å². The van der Waals surface area contributed by atoms with E-state index >= 15 is 0 Å². The van der Waals surface area contributed by atoms with Crippen LogP contribution in [0.15, 0.2) is 188 Å². The summed E-state index contributed by atoms with van der Waals surface area (Å²) >= 11 is 0. The molecule has 5 heteroatoms. The number of hydrogen-bond acceptors (Lipinski definition) is 3. The molecule has 0 saturated carbocycles. The second kappa shape index (κ2) is 18.7. The molecule has 0 fully saturated rings. The first kappa shape index (κ1) is 43.2. The van der Waals surface area contributed by atoms with Gasteiger partial charge < -0.3 is 5.11 Å². The zero-order valence-corrected chi connectivity index (χ0v) is 42.3. The second-order valence-electron chi connectivity index (χ2n) is 19.8. The minimum Gasteiger partial charge on any atom is -0.507 e. The van der Waals surface area contributed by atoms with Crippen LogP contribution in [-0.2, 0) is 31.9 Å². The van der Waals surface area contributed by atoms with Crippen LogP contribution in [0.2, 0.25) is 0 Å². The van der Waals surface area contributed by atoms with Crippen molar-refractivity contribution in [3.63, 3.8) is 0 Å². The van der Waals surface area contributed by atoms with Crippen LogP contribution >= 0.6 is 0 Å². The summed E-state index contributed by atoms with van der Waals surface area (Å²) in [5, 5.41) is 12.1. The van der Waals surface area contributed by atoms with E-state index in [2.05, 4.69) is 120 Å². The molecule has 0 spiro atoms. The van der Waals surface area contributed by atoms with Gasteiger partial charge in [-0.15, -0.1) is 23.8 Å². The molecule has 1 N–H and O–H groups in total. The van der Waals surface area contributed by atoms with Crippen LogP contribution in [0, 0.1) is 19.8 Å². The number of aromatic nitrogens is 3. The van der Waals surface area contributed by atoms with Gasteiger partial charge in [0.15, 0.2) is 0 Å². The molecule has 0 amide bonds. The molecule has 4 nitrogen and oxygen atoms in total. The fraction of sp³-hybridized carbons (Fsp3) is 0.156. The molecule has 0 aliphatic rings. The summed E-state index contributed by atoms with van der Waals surface area (Å²) in [6.07, 6.45) is 1.84. The molecule has 2 aromatic heterocycles. The third-order valence-electron chi connectivity index (χ3n) is 13.0. The Bertz CT molecular complexity index is 3610. The number of phenols is 1. The largest absolute Gasteiger partial charge is 0.507 e. The molecule has 0 aliphatic carbocycles. The van der Waals surface area contributed by atoms with E-state index in [4.69, 9.17) is 9.97 Å². The molecule has 10 rings (SSSR count). The summed E-state index contributed by atoms with van der Waals surface area (Å²) in [6.45, 7) is 12.3. The molecule has 0 radical (unpaired) electrons. The molecular formula is C64H56N3OPt-. The maximum Gasteiger partial charge on any atom is 0.148 e. The van der Waals surface area contributed by atoms with Gasteiger partial charge in [0, 0.05) is 37.1 Å². The summed E-state index contributed by atoms with van der Waals surface area (Å²) in [7, 11) is 0. The quantitative estimate of drug-likeness (QED) is 0.154. The third-order valence-corrected chi connectivity index (χ3v) is 13.0. The zero-order chi connectivity index (χ0) is 49.8. The van der Waals surface area contributed by atoms with Crippen LogP contribution in [0.25, 0.3) is 95.0 Å². The standard InChI is InChI=1S/C64H56N3O.Pt/c1-41-34-47(59-52(45-24-16-11-17-25-45)26-18-28-55(59)64(6,7)8)30-31-57(41)67-58-29-19-27-53(60(58)66-62(67)54-40-51(63(3,4)5)35-42(2)61(54)68)49-36-48(44-22-14-10-15-23-44)37-50(38-49)56-39-46(32-33-65-56)43-20-12-9-13-21-43;/h9-37,39-40,68H,1-8H3;/q-1;/i1D3;. The van der Waals surface area contributed by atoms with Gasteiger partial charge in [0.05, 0.1) is 22.3 Å². The van der Waals surface area contributed by atoms with Gasteiger partial charge in [-0.1, -0.05) is 198 Å². The first-order chi connectivity index (χ1) is 33.9. The van der Waals surface area contributed by atoms with Gasteiger partial charge in [-0.05, 0) is 116 Å². The van der Waals surface area contributed by atoms with Gasteiger partial charge in [0.1, 0.15) is 11.6 Å². The van der Waals surface area contributed by atoms with E-state index in [9.17, 15) is 9.22 Å². The van der Waals surface area contributed by atoms with E-state index in [0.29, 0.717) is 33.7 Å². The monoisotopic (exact) mass is 1080 g/mol. The molecule has 0 aliphatic heterocycles. The second-order valence-corrected chi connectivity index (χ2v) is 19.8. The van der Waals surface area contributed by atoms with E-state index < -0.39 is 6.85 Å². The number of hydrogen-bond donors (Lipinski definition) is 1. The van der Waals surface area contributed by atoms with E-state index in [1.54, 1.807) is 0 Å². The average molecular weight is 1080 g/mol. The Kier molecular flexibility index (Phi) is 11.7. The molecular weight excluding hydrogens is 1020 g/mol. The van der Waals surface area contributed by atoms with Crippen LogP contribution in [0.1, 0.15) is 67.9 Å². The fourth-order valence-corrected chi connectivity index (χ4v) is 9.40. The number of pyridine rings is 1. The van der Waals surface area contributed by atoms with Gasteiger partial charge in [0.25, 0.3) is 0 Å². The van der Waals surface area contributed by atoms with Crippen molar-refractivity contribution in [2.24, 2.45) is 0 Å². The Morgan fingerprint density at radius 1 is 0.536 bits per heavy atom. The topological polar surface area (TPSA) is 50.9 Å². The number of aromatic hydroxyl groups is 1. The van der Waals surface area contributed by atoms with Gasteiger partial charge in [-0.25, -0.2) is 4.98 Å². The minimum absolute atomic E-state index is 0. The van der Waals surface area contributed by atoms with Crippen molar-refractivity contribution < 1.29 is 30.3 Å². The van der Waals surface area contributed by atoms with Crippen molar-refractivity contribution in [1.82, 2.24) is 14.5 Å². The van der Waals surface area contributed by atoms with Crippen LogP contribution in [0.5, 0.6) is 5.75 Å². The van der Waals surface area contributed by atoms with Crippen molar-refractivity contribution in [2.75, 3.05) is 0 Å². The summed E-state index contributed by atoms with van der Waals surface area (Å²) in [6, 6.07) is 65.1. The van der Waals surface area contributed by atoms with Gasteiger partial charge in [0.2, 0.25) is 0 Å². The third kappa shape index (κ3) is 9.15. The van der Waals surface area contributed by atoms with Crippen molar-refractivity contribution in [3.8, 4) is 89.7 Å². The fourth-order valence-electron chi connectivity index (χ4n) is 9.40. The SMILES string of the molecule is [2H]C([2H])([2H])c1cc(-c2c(-c3ccccc3)cccc2C(C)(C)C)ccc1-n1c(-c2cc(C(C)(C)C)cc(C)c2O)nc2c(-c3[c-]c(-c4cc(-c5ccccc5)ccn4)cc(-c4ccccc4)c3)cccc21.[Pt]. The number of benzene rings is 8. The predicted molar refractivity (Wildman–Crippen MR) is 284 cm³/mol. The number of nitrogens with zero attached hydrogens (tertiary/aromatic N) is 3. The number of phenolic OH excluding ortho intramolecular Hbond substituents is 1. The normalized spacial score (nSPS) is 12.5. The summed E-state index contributed by atoms with van der Waals surface area (Å²) in [5.74, 6) is 0.508. The molecule has 8 aromatic carbocycles. The molecule has 0 atom stereocenters. The Morgan fingerprint density at radius 3 is 1.84 bits per heavy atom. The number of para-hydroxylation sites is 1. The van der Waals surface area contributed by atoms with E-state index in [1.807, 2.05) is 127 Å². The average Bonchev–Trinajstić information content (AvgIpc) is 3.76. The summed E-state index contributed by atoms with van der Waals surface area (Å²) in [4.78, 5) is 10.4. The number of imidazole rings is 1. The van der Waals surface area contributed by atoms with E-state index in [-0.39, 0.29) is 43.2 Å². The molecule has 69 heavy (non-hydrogen) atoms. The van der Waals surface area contributed by atoms with Gasteiger partial charge in [-0.3, -0.25) is 9.55 Å². The Balaban J connectivity index is 0.00000640. The first-order valence-corrected chi connectivity index (χ1v) is 23.3. The Labute approximate surface area is 425 Å². The Hall–Kier alpha value is -7.13.